The fourth-order valence-corrected chi connectivity index (χ4v) is 1.74. The van der Waals surface area contributed by atoms with Crippen LogP contribution in [0.15, 0.2) is 24.3 Å². The Labute approximate surface area is 97.7 Å². The molecule has 0 saturated heterocycles. The quantitative estimate of drug-likeness (QED) is 0.599. The number of amides is 2. The zero-order valence-electron chi connectivity index (χ0n) is 9.21. The number of aliphatic hydroxyl groups is 1. The van der Waals surface area contributed by atoms with Gasteiger partial charge in [-0.1, -0.05) is 12.1 Å². The molecule has 0 aliphatic carbocycles. The summed E-state index contributed by atoms with van der Waals surface area (Å²) in [6, 6.07) is 6.41. The standard InChI is InChI=1S/C12H11NO4/c1-12(17,7-14)6-13-10(15)8-4-2-3-5-9(8)11(13)16/h2-5,7,17H,6H2,1H3. The van der Waals surface area contributed by atoms with Gasteiger partial charge in [0.05, 0.1) is 17.7 Å². The SMILES string of the molecule is CC(O)(C=O)CN1C(=O)c2ccccc2C1=O. The topological polar surface area (TPSA) is 74.7 Å². The lowest BCUT2D eigenvalue weighted by atomic mass is 10.1. The van der Waals surface area contributed by atoms with Crippen molar-refractivity contribution in [2.75, 3.05) is 6.54 Å². The van der Waals surface area contributed by atoms with Crippen LogP contribution in [0.5, 0.6) is 0 Å². The van der Waals surface area contributed by atoms with Crippen molar-refractivity contribution in [3.8, 4) is 0 Å². The van der Waals surface area contributed by atoms with Crippen LogP contribution in [0.25, 0.3) is 0 Å². The molecule has 1 N–H and O–H groups in total. The number of hydrogen-bond donors (Lipinski definition) is 1. The fourth-order valence-electron chi connectivity index (χ4n) is 1.74. The second-order valence-corrected chi connectivity index (χ2v) is 4.22. The lowest BCUT2D eigenvalue weighted by Gasteiger charge is -2.22. The van der Waals surface area contributed by atoms with Crippen LogP contribution in [0.3, 0.4) is 0 Å². The summed E-state index contributed by atoms with van der Waals surface area (Å²) >= 11 is 0. The Morgan fingerprint density at radius 2 is 1.71 bits per heavy atom. The second-order valence-electron chi connectivity index (χ2n) is 4.22. The zero-order valence-corrected chi connectivity index (χ0v) is 9.21. The minimum absolute atomic E-state index is 0.305. The number of aldehydes is 1. The monoisotopic (exact) mass is 233 g/mol. The lowest BCUT2D eigenvalue weighted by molar-refractivity contribution is -0.123. The van der Waals surface area contributed by atoms with Gasteiger partial charge in [-0.25, -0.2) is 0 Å². The maximum absolute atomic E-state index is 11.9. The molecule has 0 aromatic heterocycles. The molecule has 1 aliphatic rings. The number of carbonyl (C=O) groups is 3. The Balaban J connectivity index is 2.34. The van der Waals surface area contributed by atoms with Crippen molar-refractivity contribution in [2.24, 2.45) is 0 Å². The molecule has 1 aromatic carbocycles. The van der Waals surface area contributed by atoms with Crippen LogP contribution >= 0.6 is 0 Å². The van der Waals surface area contributed by atoms with E-state index in [1.165, 1.54) is 6.92 Å². The van der Waals surface area contributed by atoms with Gasteiger partial charge in [0.2, 0.25) is 0 Å². The molecular weight excluding hydrogens is 222 g/mol. The number of fused-ring (bicyclic) bond motifs is 1. The minimum Gasteiger partial charge on any atom is -0.381 e. The molecule has 88 valence electrons. The van der Waals surface area contributed by atoms with Gasteiger partial charge in [-0.05, 0) is 19.1 Å². The Bertz CT molecular complexity index is 472. The highest BCUT2D eigenvalue weighted by molar-refractivity contribution is 6.21. The third-order valence-electron chi connectivity index (χ3n) is 2.61. The highest BCUT2D eigenvalue weighted by Gasteiger charge is 2.38. The van der Waals surface area contributed by atoms with Gasteiger partial charge in [-0.2, -0.15) is 0 Å². The van der Waals surface area contributed by atoms with Crippen molar-refractivity contribution < 1.29 is 19.5 Å². The molecular formula is C12H11NO4. The highest BCUT2D eigenvalue weighted by atomic mass is 16.3. The van der Waals surface area contributed by atoms with E-state index in [0.29, 0.717) is 17.4 Å². The Morgan fingerprint density at radius 3 is 2.12 bits per heavy atom. The van der Waals surface area contributed by atoms with Crippen LogP contribution in [0.1, 0.15) is 27.6 Å². The van der Waals surface area contributed by atoms with Gasteiger partial charge in [0.15, 0.2) is 6.29 Å². The largest absolute Gasteiger partial charge is 0.381 e. The summed E-state index contributed by atoms with van der Waals surface area (Å²) in [6.45, 7) is 0.923. The van der Waals surface area contributed by atoms with Gasteiger partial charge >= 0.3 is 0 Å². The number of rotatable bonds is 3. The summed E-state index contributed by atoms with van der Waals surface area (Å²) in [5.41, 5.74) is -1.11. The summed E-state index contributed by atoms with van der Waals surface area (Å²) in [5.74, 6) is -0.958. The maximum atomic E-state index is 11.9. The van der Waals surface area contributed by atoms with Crippen LogP contribution in [0.4, 0.5) is 0 Å². The molecule has 1 aromatic rings. The predicted octanol–water partition coefficient (Wildman–Crippen LogP) is 0.232. The molecule has 1 heterocycles. The first-order valence-electron chi connectivity index (χ1n) is 5.10. The summed E-state index contributed by atoms with van der Waals surface area (Å²) in [6.07, 6.45) is 0.316. The van der Waals surface area contributed by atoms with E-state index in [1.54, 1.807) is 24.3 Å². The van der Waals surface area contributed by atoms with Gasteiger partial charge in [-0.15, -0.1) is 0 Å². The van der Waals surface area contributed by atoms with Crippen LogP contribution < -0.4 is 0 Å². The first kappa shape index (κ1) is 11.5. The third kappa shape index (κ3) is 1.85. The summed E-state index contributed by atoms with van der Waals surface area (Å²) < 4.78 is 0. The van der Waals surface area contributed by atoms with E-state index in [0.717, 1.165) is 4.90 Å². The van der Waals surface area contributed by atoms with Crippen LogP contribution in [0, 0.1) is 0 Å². The molecule has 0 bridgehead atoms. The molecule has 1 aliphatic heterocycles. The molecule has 17 heavy (non-hydrogen) atoms. The second kappa shape index (κ2) is 3.78. The van der Waals surface area contributed by atoms with E-state index in [2.05, 4.69) is 0 Å². The van der Waals surface area contributed by atoms with Crippen LogP contribution in [-0.4, -0.2) is 40.3 Å². The molecule has 2 amide bonds. The van der Waals surface area contributed by atoms with E-state index in [4.69, 9.17) is 0 Å². The minimum atomic E-state index is -1.71. The molecule has 0 saturated carbocycles. The van der Waals surface area contributed by atoms with Crippen molar-refractivity contribution >= 4 is 18.1 Å². The Hall–Kier alpha value is -2.01. The third-order valence-corrected chi connectivity index (χ3v) is 2.61. The molecule has 1 unspecified atom stereocenters. The Morgan fingerprint density at radius 1 is 1.24 bits per heavy atom. The first-order chi connectivity index (χ1) is 7.96. The van der Waals surface area contributed by atoms with Gasteiger partial charge in [0.1, 0.15) is 5.60 Å². The summed E-state index contributed by atoms with van der Waals surface area (Å²) in [4.78, 5) is 35.2. The molecule has 5 heteroatoms. The molecule has 5 nitrogen and oxygen atoms in total. The van der Waals surface area contributed by atoms with Gasteiger partial charge < -0.3 is 9.90 Å². The highest BCUT2D eigenvalue weighted by Crippen LogP contribution is 2.23. The number of β-amino-alcohol motifs (C(OH)–C–C–N with tert-alkyl or cyclic N) is 1. The van der Waals surface area contributed by atoms with Gasteiger partial charge in [0, 0.05) is 0 Å². The zero-order chi connectivity index (χ0) is 12.6. The smallest absolute Gasteiger partial charge is 0.261 e. The molecule has 1 atom stereocenters. The van der Waals surface area contributed by atoms with Crippen LogP contribution in [-0.2, 0) is 4.79 Å². The van der Waals surface area contributed by atoms with E-state index in [-0.39, 0.29) is 6.54 Å². The van der Waals surface area contributed by atoms with Crippen molar-refractivity contribution in [2.45, 2.75) is 12.5 Å². The average molecular weight is 233 g/mol. The van der Waals surface area contributed by atoms with Crippen molar-refractivity contribution in [3.05, 3.63) is 35.4 Å². The van der Waals surface area contributed by atoms with E-state index >= 15 is 0 Å². The van der Waals surface area contributed by atoms with E-state index in [1.807, 2.05) is 0 Å². The molecule has 2 rings (SSSR count). The first-order valence-corrected chi connectivity index (χ1v) is 5.10. The van der Waals surface area contributed by atoms with Crippen LogP contribution in [0.2, 0.25) is 0 Å². The lowest BCUT2D eigenvalue weighted by Crippen LogP contribution is -2.44. The molecule has 0 spiro atoms. The Kier molecular flexibility index (Phi) is 2.55. The van der Waals surface area contributed by atoms with E-state index < -0.39 is 17.4 Å². The summed E-state index contributed by atoms with van der Waals surface area (Å²) in [5, 5.41) is 9.58. The summed E-state index contributed by atoms with van der Waals surface area (Å²) in [7, 11) is 0. The number of imide groups is 1. The van der Waals surface area contributed by atoms with Gasteiger partial charge in [0.25, 0.3) is 11.8 Å². The molecule has 0 fully saturated rings. The molecule has 0 radical (unpaired) electrons. The number of nitrogens with zero attached hydrogens (tertiary/aromatic N) is 1. The number of carbonyl (C=O) groups excluding carboxylic acids is 3. The fraction of sp³-hybridized carbons (Fsp3) is 0.250. The van der Waals surface area contributed by atoms with Crippen molar-refractivity contribution in [1.29, 1.82) is 0 Å². The van der Waals surface area contributed by atoms with E-state index in [9.17, 15) is 19.5 Å². The normalized spacial score (nSPS) is 17.9. The maximum Gasteiger partial charge on any atom is 0.261 e. The van der Waals surface area contributed by atoms with Gasteiger partial charge in [-0.3, -0.25) is 14.5 Å². The number of hydrogen-bond acceptors (Lipinski definition) is 4. The van der Waals surface area contributed by atoms with Crippen molar-refractivity contribution in [1.82, 2.24) is 4.90 Å². The predicted molar refractivity (Wildman–Crippen MR) is 58.5 cm³/mol. The van der Waals surface area contributed by atoms with Crippen molar-refractivity contribution in [3.63, 3.8) is 0 Å². The number of benzene rings is 1. The average Bonchev–Trinajstić information content (AvgIpc) is 2.55.